The van der Waals surface area contributed by atoms with Crippen molar-refractivity contribution in [1.82, 2.24) is 5.32 Å². The van der Waals surface area contributed by atoms with Crippen LogP contribution >= 0.6 is 11.3 Å². The Kier molecular flexibility index (Phi) is 3.07. The minimum atomic E-state index is -0.318. The molecule has 0 aliphatic heterocycles. The summed E-state index contributed by atoms with van der Waals surface area (Å²) in [5.41, 5.74) is 4.93. The van der Waals surface area contributed by atoms with Gasteiger partial charge >= 0.3 is 0 Å². The van der Waals surface area contributed by atoms with Crippen molar-refractivity contribution in [3.63, 3.8) is 0 Å². The Balaban J connectivity index is 2.19. The van der Waals surface area contributed by atoms with Gasteiger partial charge in [-0.05, 0) is 11.4 Å². The zero-order valence-corrected chi connectivity index (χ0v) is 6.86. The van der Waals surface area contributed by atoms with Gasteiger partial charge in [0.1, 0.15) is 0 Å². The van der Waals surface area contributed by atoms with Crippen molar-refractivity contribution in [3.05, 3.63) is 22.4 Å². The molecule has 0 spiro atoms. The van der Waals surface area contributed by atoms with Crippen LogP contribution in [0.25, 0.3) is 0 Å². The van der Waals surface area contributed by atoms with Gasteiger partial charge in [-0.15, -0.1) is 11.3 Å². The number of carbonyl (C=O) groups is 1. The summed E-state index contributed by atoms with van der Waals surface area (Å²) in [4.78, 5) is 11.5. The van der Waals surface area contributed by atoms with Crippen molar-refractivity contribution >= 4 is 17.2 Å². The molecule has 1 aromatic rings. The maximum Gasteiger partial charge on any atom is 0.231 e. The Morgan fingerprint density at radius 2 is 2.55 bits per heavy atom. The molecule has 60 valence electrons. The zero-order chi connectivity index (χ0) is 8.10. The normalized spacial score (nSPS) is 9.82. The molecule has 0 bridgehead atoms. The van der Waals surface area contributed by atoms with Crippen LogP contribution in [0.3, 0.4) is 0 Å². The second-order valence-corrected chi connectivity index (χ2v) is 3.18. The van der Waals surface area contributed by atoms with E-state index in [1.54, 1.807) is 11.3 Å². The molecule has 0 saturated heterocycles. The third kappa shape index (κ3) is 3.15. The van der Waals surface area contributed by atoms with E-state index < -0.39 is 0 Å². The average molecular weight is 170 g/mol. The molecule has 0 aliphatic rings. The quantitative estimate of drug-likeness (QED) is 0.684. The standard InChI is InChI=1S/C7H10N2OS/c8-7(10)5-9-4-6-2-1-3-11-6/h1-3,9H,4-5H2,(H2,8,10). The summed E-state index contributed by atoms with van der Waals surface area (Å²) in [6.07, 6.45) is 0. The van der Waals surface area contributed by atoms with E-state index >= 15 is 0 Å². The number of amides is 1. The summed E-state index contributed by atoms with van der Waals surface area (Å²) in [7, 11) is 0. The van der Waals surface area contributed by atoms with Crippen molar-refractivity contribution in [1.29, 1.82) is 0 Å². The molecule has 1 heterocycles. The molecule has 0 saturated carbocycles. The van der Waals surface area contributed by atoms with E-state index in [0.29, 0.717) is 0 Å². The van der Waals surface area contributed by atoms with E-state index in [0.717, 1.165) is 6.54 Å². The number of rotatable bonds is 4. The average Bonchev–Trinajstić information content (AvgIpc) is 2.39. The summed E-state index contributed by atoms with van der Waals surface area (Å²) < 4.78 is 0. The fourth-order valence-electron chi connectivity index (χ4n) is 0.722. The topological polar surface area (TPSA) is 55.1 Å². The van der Waals surface area contributed by atoms with E-state index in [4.69, 9.17) is 5.73 Å². The van der Waals surface area contributed by atoms with Gasteiger partial charge in [-0.1, -0.05) is 6.07 Å². The van der Waals surface area contributed by atoms with Gasteiger partial charge in [0, 0.05) is 11.4 Å². The number of thiophene rings is 1. The van der Waals surface area contributed by atoms with Crippen molar-refractivity contribution in [2.24, 2.45) is 5.73 Å². The number of primary amides is 1. The van der Waals surface area contributed by atoms with Gasteiger partial charge in [0.15, 0.2) is 0 Å². The van der Waals surface area contributed by atoms with Gasteiger partial charge in [-0.25, -0.2) is 0 Å². The van der Waals surface area contributed by atoms with E-state index in [-0.39, 0.29) is 12.5 Å². The van der Waals surface area contributed by atoms with Gasteiger partial charge < -0.3 is 11.1 Å². The van der Waals surface area contributed by atoms with Gasteiger partial charge in [0.25, 0.3) is 0 Å². The molecular formula is C7H10N2OS. The van der Waals surface area contributed by atoms with Crippen LogP contribution < -0.4 is 11.1 Å². The van der Waals surface area contributed by atoms with E-state index in [9.17, 15) is 4.79 Å². The van der Waals surface area contributed by atoms with Crippen molar-refractivity contribution in [3.8, 4) is 0 Å². The fourth-order valence-corrected chi connectivity index (χ4v) is 1.40. The van der Waals surface area contributed by atoms with Crippen LogP contribution in [0, 0.1) is 0 Å². The highest BCUT2D eigenvalue weighted by atomic mass is 32.1. The maximum absolute atomic E-state index is 10.3. The minimum absolute atomic E-state index is 0.248. The van der Waals surface area contributed by atoms with Crippen LogP contribution in [0.5, 0.6) is 0 Å². The van der Waals surface area contributed by atoms with Crippen LogP contribution in [0.15, 0.2) is 17.5 Å². The molecular weight excluding hydrogens is 160 g/mol. The molecule has 0 aromatic carbocycles. The molecule has 1 amide bonds. The summed E-state index contributed by atoms with van der Waals surface area (Å²) in [5, 5.41) is 4.92. The smallest absolute Gasteiger partial charge is 0.231 e. The number of hydrogen-bond donors (Lipinski definition) is 2. The number of hydrogen-bond acceptors (Lipinski definition) is 3. The molecule has 0 aliphatic carbocycles. The summed E-state index contributed by atoms with van der Waals surface area (Å²) in [6, 6.07) is 3.99. The first kappa shape index (κ1) is 8.23. The zero-order valence-electron chi connectivity index (χ0n) is 6.04. The third-order valence-corrected chi connectivity index (χ3v) is 2.05. The molecule has 0 radical (unpaired) electrons. The molecule has 0 fully saturated rings. The summed E-state index contributed by atoms with van der Waals surface area (Å²) in [6.45, 7) is 0.971. The lowest BCUT2D eigenvalue weighted by molar-refractivity contribution is -0.117. The Bertz CT molecular complexity index is 220. The third-order valence-electron chi connectivity index (χ3n) is 1.18. The highest BCUT2D eigenvalue weighted by Crippen LogP contribution is 2.06. The molecule has 1 rings (SSSR count). The molecule has 0 unspecified atom stereocenters. The van der Waals surface area contributed by atoms with Crippen LogP contribution in [-0.2, 0) is 11.3 Å². The second-order valence-electron chi connectivity index (χ2n) is 2.15. The Morgan fingerprint density at radius 3 is 3.09 bits per heavy atom. The van der Waals surface area contributed by atoms with E-state index in [1.165, 1.54) is 4.88 Å². The largest absolute Gasteiger partial charge is 0.369 e. The summed E-state index contributed by atoms with van der Waals surface area (Å²) >= 11 is 1.66. The van der Waals surface area contributed by atoms with Gasteiger partial charge in [0.2, 0.25) is 5.91 Å². The predicted molar refractivity (Wildman–Crippen MR) is 45.2 cm³/mol. The highest BCUT2D eigenvalue weighted by Gasteiger charge is 1.94. The first-order valence-electron chi connectivity index (χ1n) is 3.30. The van der Waals surface area contributed by atoms with Crippen LogP contribution in [0.4, 0.5) is 0 Å². The molecule has 11 heavy (non-hydrogen) atoms. The first-order valence-corrected chi connectivity index (χ1v) is 4.18. The lowest BCUT2D eigenvalue weighted by Crippen LogP contribution is -2.27. The first-order chi connectivity index (χ1) is 5.29. The lowest BCUT2D eigenvalue weighted by Gasteiger charge is -1.97. The van der Waals surface area contributed by atoms with E-state index in [1.807, 2.05) is 17.5 Å². The lowest BCUT2D eigenvalue weighted by atomic mass is 10.4. The van der Waals surface area contributed by atoms with Gasteiger partial charge in [0.05, 0.1) is 6.54 Å². The van der Waals surface area contributed by atoms with Crippen LogP contribution in [0.2, 0.25) is 0 Å². The van der Waals surface area contributed by atoms with Crippen molar-refractivity contribution in [2.75, 3.05) is 6.54 Å². The van der Waals surface area contributed by atoms with Crippen LogP contribution in [0.1, 0.15) is 4.88 Å². The summed E-state index contributed by atoms with van der Waals surface area (Å²) in [5.74, 6) is -0.318. The number of nitrogens with one attached hydrogen (secondary N) is 1. The Morgan fingerprint density at radius 1 is 1.73 bits per heavy atom. The molecule has 3 nitrogen and oxygen atoms in total. The van der Waals surface area contributed by atoms with Gasteiger partial charge in [-0.3, -0.25) is 4.79 Å². The maximum atomic E-state index is 10.3. The van der Waals surface area contributed by atoms with Crippen molar-refractivity contribution in [2.45, 2.75) is 6.54 Å². The fraction of sp³-hybridized carbons (Fsp3) is 0.286. The van der Waals surface area contributed by atoms with Crippen LogP contribution in [-0.4, -0.2) is 12.5 Å². The molecule has 1 aromatic heterocycles. The molecule has 3 N–H and O–H groups in total. The SMILES string of the molecule is NC(=O)CNCc1cccs1. The monoisotopic (exact) mass is 170 g/mol. The second kappa shape index (κ2) is 4.10. The molecule has 0 atom stereocenters. The minimum Gasteiger partial charge on any atom is -0.369 e. The number of nitrogens with two attached hydrogens (primary N) is 1. The Hall–Kier alpha value is -0.870. The predicted octanol–water partition coefficient (Wildman–Crippen LogP) is 0.323. The number of carbonyl (C=O) groups excluding carboxylic acids is 1. The van der Waals surface area contributed by atoms with Crippen molar-refractivity contribution < 1.29 is 4.79 Å². The van der Waals surface area contributed by atoms with E-state index in [2.05, 4.69) is 5.32 Å². The Labute approximate surface area is 69.2 Å². The van der Waals surface area contributed by atoms with Gasteiger partial charge in [-0.2, -0.15) is 0 Å². The highest BCUT2D eigenvalue weighted by molar-refractivity contribution is 7.09. The molecule has 4 heteroatoms.